The van der Waals surface area contributed by atoms with Crippen LogP contribution in [0, 0.1) is 41.3 Å². The van der Waals surface area contributed by atoms with Gasteiger partial charge in [0.15, 0.2) is 0 Å². The summed E-state index contributed by atoms with van der Waals surface area (Å²) in [5, 5.41) is 16.7. The van der Waals surface area contributed by atoms with Gasteiger partial charge in [-0.1, -0.05) is 0 Å². The van der Waals surface area contributed by atoms with E-state index in [0.29, 0.717) is 0 Å². The first-order chi connectivity index (χ1) is 1.73. The van der Waals surface area contributed by atoms with Crippen LogP contribution < -0.4 is 10.2 Å². The zero-order valence-corrected chi connectivity index (χ0v) is 6.51. The molecule has 0 unspecified atom stereocenters. The smallest absolute Gasteiger partial charge is 0.652 e. The largest absolute Gasteiger partial charge is 3.00 e. The molecule has 0 heterocycles. The number of carbonyl (C=O) groups is 1. The van der Waals surface area contributed by atoms with Crippen LogP contribution in [0.5, 0.6) is 0 Å². The molecule has 32 valence electrons. The molecule has 0 aliphatic rings. The maximum absolute atomic E-state index is 8.33. The summed E-state index contributed by atoms with van der Waals surface area (Å²) in [6, 6.07) is 0. The summed E-state index contributed by atoms with van der Waals surface area (Å²) in [7, 11) is 0. The number of hydrogen-bond donors (Lipinski definition) is 0. The molecule has 0 saturated heterocycles. The van der Waals surface area contributed by atoms with Gasteiger partial charge >= 0.3 is 41.3 Å². The molecule has 0 spiro atoms. The first-order valence-corrected chi connectivity index (χ1v) is 0.612. The first kappa shape index (κ1) is 16.0. The summed E-state index contributed by atoms with van der Waals surface area (Å²) < 4.78 is 0. The van der Waals surface area contributed by atoms with Gasteiger partial charge < -0.3 is 20.5 Å². The Morgan fingerprint density at radius 1 is 1.33 bits per heavy atom. The maximum atomic E-state index is 8.33. The van der Waals surface area contributed by atoms with Crippen molar-refractivity contribution in [3.05, 3.63) is 0 Å². The van der Waals surface area contributed by atoms with Crippen LogP contribution in [0.3, 0.4) is 0 Å². The molecular formula is CH2O4Pr+. The fourth-order valence-corrected chi connectivity index (χ4v) is 0. The molecule has 0 aromatic heterocycles. The van der Waals surface area contributed by atoms with E-state index in [4.69, 9.17) is 15.0 Å². The molecule has 5 heteroatoms. The zero-order chi connectivity index (χ0) is 3.58. The fourth-order valence-electron chi connectivity index (χ4n) is 0. The van der Waals surface area contributed by atoms with Gasteiger partial charge in [-0.2, -0.15) is 0 Å². The quantitative estimate of drug-likeness (QED) is 0.427. The molecule has 0 aliphatic carbocycles. The Morgan fingerprint density at radius 3 is 1.33 bits per heavy atom. The van der Waals surface area contributed by atoms with Crippen LogP contribution in [0.2, 0.25) is 0 Å². The van der Waals surface area contributed by atoms with Crippen molar-refractivity contribution in [2.45, 2.75) is 0 Å². The topological polar surface area (TPSA) is 94.7 Å². The molecule has 0 atom stereocenters. The molecule has 0 aromatic rings. The third kappa shape index (κ3) is 168. The van der Waals surface area contributed by atoms with Crippen LogP contribution in [0.15, 0.2) is 0 Å². The van der Waals surface area contributed by atoms with E-state index in [1.807, 2.05) is 0 Å². The average molecular weight is 219 g/mol. The van der Waals surface area contributed by atoms with E-state index in [1.54, 1.807) is 0 Å². The Hall–Kier alpha value is 0.594. The minimum atomic E-state index is -2.33. The molecule has 0 bridgehead atoms. The SMILES string of the molecule is O.O=C([O-])[O-].[Pr+3]. The Kier molecular flexibility index (Phi) is 24.3. The van der Waals surface area contributed by atoms with Gasteiger partial charge in [-0.3, -0.25) is 0 Å². The number of carbonyl (C=O) groups excluding carboxylic acids is 1. The first-order valence-electron chi connectivity index (χ1n) is 0.612. The summed E-state index contributed by atoms with van der Waals surface area (Å²) in [6.07, 6.45) is -2.33. The zero-order valence-electron chi connectivity index (χ0n) is 2.80. The second-order valence-electron chi connectivity index (χ2n) is 0.250. The van der Waals surface area contributed by atoms with Crippen LogP contribution in [0.25, 0.3) is 0 Å². The van der Waals surface area contributed by atoms with E-state index < -0.39 is 6.16 Å². The minimum absolute atomic E-state index is 0. The molecule has 0 fully saturated rings. The van der Waals surface area contributed by atoms with Crippen molar-refractivity contribution in [3.63, 3.8) is 0 Å². The molecule has 0 radical (unpaired) electrons. The van der Waals surface area contributed by atoms with Gasteiger partial charge in [-0.25, -0.2) is 0 Å². The summed E-state index contributed by atoms with van der Waals surface area (Å²) in [5.41, 5.74) is 0. The van der Waals surface area contributed by atoms with E-state index in [1.165, 1.54) is 0 Å². The molecule has 0 rings (SSSR count). The summed E-state index contributed by atoms with van der Waals surface area (Å²) >= 11 is 0. The predicted octanol–water partition coefficient (Wildman–Crippen LogP) is -3.27. The summed E-state index contributed by atoms with van der Waals surface area (Å²) in [6.45, 7) is 0. The van der Waals surface area contributed by atoms with Gasteiger partial charge in [0.1, 0.15) is 0 Å². The normalized spacial score (nSPS) is 4.00. The van der Waals surface area contributed by atoms with E-state index in [2.05, 4.69) is 0 Å². The van der Waals surface area contributed by atoms with Crippen molar-refractivity contribution in [3.8, 4) is 0 Å². The third-order valence-corrected chi connectivity index (χ3v) is 0. The number of hydrogen-bond acceptors (Lipinski definition) is 3. The fraction of sp³-hybridized carbons (Fsp3) is 0. The van der Waals surface area contributed by atoms with E-state index in [0.717, 1.165) is 0 Å². The second kappa shape index (κ2) is 9.14. The maximum Gasteiger partial charge on any atom is 3.00 e. The second-order valence-corrected chi connectivity index (χ2v) is 0.250. The molecule has 2 N–H and O–H groups in total. The van der Waals surface area contributed by atoms with Crippen molar-refractivity contribution in [2.75, 3.05) is 0 Å². The molecule has 6 heavy (non-hydrogen) atoms. The van der Waals surface area contributed by atoms with Gasteiger partial charge in [0, 0.05) is 0 Å². The van der Waals surface area contributed by atoms with Crippen molar-refractivity contribution in [2.24, 2.45) is 0 Å². The number of rotatable bonds is 0. The minimum Gasteiger partial charge on any atom is -0.652 e. The average Bonchev–Trinajstić information content (AvgIpc) is 0.811. The summed E-state index contributed by atoms with van der Waals surface area (Å²) in [4.78, 5) is 8.33. The standard InChI is InChI=1S/CH2O3.H2O.Pr/c2-1(3)4;;/h(H2,2,3,4);1H2;/q;;+3/p-2. The van der Waals surface area contributed by atoms with Gasteiger partial charge in [0.25, 0.3) is 0 Å². The van der Waals surface area contributed by atoms with Crippen molar-refractivity contribution < 1.29 is 61.8 Å². The van der Waals surface area contributed by atoms with Crippen LogP contribution >= 0.6 is 0 Å². The third-order valence-electron chi connectivity index (χ3n) is 0. The van der Waals surface area contributed by atoms with E-state index in [-0.39, 0.29) is 46.8 Å². The Bertz CT molecular complexity index is 30.5. The van der Waals surface area contributed by atoms with Crippen LogP contribution in [-0.2, 0) is 0 Å². The van der Waals surface area contributed by atoms with E-state index >= 15 is 0 Å². The molecule has 4 nitrogen and oxygen atoms in total. The van der Waals surface area contributed by atoms with Gasteiger partial charge in [0.2, 0.25) is 0 Å². The van der Waals surface area contributed by atoms with Gasteiger partial charge in [-0.05, 0) is 6.16 Å². The van der Waals surface area contributed by atoms with Crippen LogP contribution in [0.1, 0.15) is 0 Å². The molecule has 0 aliphatic heterocycles. The predicted molar refractivity (Wildman–Crippen MR) is 9.01 cm³/mol. The van der Waals surface area contributed by atoms with Crippen LogP contribution in [-0.4, -0.2) is 11.6 Å². The molecule has 0 aromatic carbocycles. The Labute approximate surface area is 67.4 Å². The van der Waals surface area contributed by atoms with Crippen molar-refractivity contribution in [1.82, 2.24) is 0 Å². The van der Waals surface area contributed by atoms with Gasteiger partial charge in [-0.15, -0.1) is 0 Å². The van der Waals surface area contributed by atoms with E-state index in [9.17, 15) is 0 Å². The monoisotopic (exact) mass is 219 g/mol. The molecule has 0 amide bonds. The number of carboxylic acid groups (broad SMARTS) is 2. The molecule has 0 saturated carbocycles. The van der Waals surface area contributed by atoms with Crippen molar-refractivity contribution >= 4 is 6.16 Å². The van der Waals surface area contributed by atoms with Crippen molar-refractivity contribution in [1.29, 1.82) is 0 Å². The Morgan fingerprint density at radius 2 is 1.33 bits per heavy atom. The van der Waals surface area contributed by atoms with Crippen LogP contribution in [0.4, 0.5) is 4.79 Å². The molecular weight excluding hydrogens is 217 g/mol. The van der Waals surface area contributed by atoms with Gasteiger partial charge in [0.05, 0.1) is 0 Å². The Balaban J connectivity index is -0.0000000450. The summed E-state index contributed by atoms with van der Waals surface area (Å²) in [5.74, 6) is 0.